The predicted molar refractivity (Wildman–Crippen MR) is 78.5 cm³/mol. The van der Waals surface area contributed by atoms with Crippen LogP contribution in [0.15, 0.2) is 22.7 Å². The molecule has 0 bridgehead atoms. The van der Waals surface area contributed by atoms with Crippen LogP contribution in [0, 0.1) is 11.6 Å². The molecule has 1 N–H and O–H groups in total. The van der Waals surface area contributed by atoms with Crippen molar-refractivity contribution in [2.75, 3.05) is 5.32 Å². The second-order valence-electron chi connectivity index (χ2n) is 4.46. The fourth-order valence-electron chi connectivity index (χ4n) is 1.55. The third-order valence-electron chi connectivity index (χ3n) is 2.49. The van der Waals surface area contributed by atoms with Gasteiger partial charge in [0, 0.05) is 16.5 Å². The van der Waals surface area contributed by atoms with Crippen LogP contribution in [0.2, 0.25) is 5.15 Å². The fourth-order valence-corrected chi connectivity index (χ4v) is 2.14. The molecule has 1 aromatic carbocycles. The zero-order valence-corrected chi connectivity index (χ0v) is 13.1. The first-order chi connectivity index (χ1) is 9.36. The average Bonchev–Trinajstić information content (AvgIpc) is 2.33. The van der Waals surface area contributed by atoms with Crippen LogP contribution in [0.4, 0.5) is 20.3 Å². The monoisotopic (exact) mass is 361 g/mol. The maximum atomic E-state index is 13.7. The zero-order chi connectivity index (χ0) is 14.9. The lowest BCUT2D eigenvalue weighted by Gasteiger charge is -2.11. The Balaban J connectivity index is 2.40. The molecule has 0 saturated carbocycles. The molecular weight excluding hydrogens is 352 g/mol. The summed E-state index contributed by atoms with van der Waals surface area (Å²) in [7, 11) is 0. The Labute approximate surface area is 128 Å². The fraction of sp³-hybridized carbons (Fsp3) is 0.231. The first-order valence-corrected chi connectivity index (χ1v) is 7.00. The first kappa shape index (κ1) is 15.1. The van der Waals surface area contributed by atoms with Gasteiger partial charge in [-0.15, -0.1) is 0 Å². The molecule has 0 aliphatic carbocycles. The Kier molecular flexibility index (Phi) is 4.55. The molecule has 3 nitrogen and oxygen atoms in total. The van der Waals surface area contributed by atoms with E-state index < -0.39 is 11.6 Å². The van der Waals surface area contributed by atoms with Crippen molar-refractivity contribution in [2.45, 2.75) is 19.8 Å². The number of hydrogen-bond donors (Lipinski definition) is 1. The quantitative estimate of drug-likeness (QED) is 0.778. The molecule has 0 aliphatic heterocycles. The van der Waals surface area contributed by atoms with E-state index in [9.17, 15) is 8.78 Å². The molecule has 20 heavy (non-hydrogen) atoms. The second kappa shape index (κ2) is 6.01. The molecule has 0 aliphatic rings. The predicted octanol–water partition coefficient (Wildman–Crippen LogP) is 5.04. The highest BCUT2D eigenvalue weighted by atomic mass is 79.9. The van der Waals surface area contributed by atoms with Crippen molar-refractivity contribution >= 4 is 39.0 Å². The van der Waals surface area contributed by atoms with E-state index in [1.165, 1.54) is 6.07 Å². The van der Waals surface area contributed by atoms with Gasteiger partial charge in [-0.25, -0.2) is 18.7 Å². The highest BCUT2D eigenvalue weighted by Gasteiger charge is 2.13. The van der Waals surface area contributed by atoms with Crippen LogP contribution in [0.25, 0.3) is 0 Å². The van der Waals surface area contributed by atoms with E-state index >= 15 is 0 Å². The Morgan fingerprint density at radius 1 is 1.15 bits per heavy atom. The summed E-state index contributed by atoms with van der Waals surface area (Å²) in [6, 6.07) is 3.74. The summed E-state index contributed by atoms with van der Waals surface area (Å²) in [6.45, 7) is 3.80. The topological polar surface area (TPSA) is 37.8 Å². The molecule has 106 valence electrons. The SMILES string of the molecule is CC(C)c1nc(Cl)cc(Nc2c(F)cc(Br)cc2F)n1. The van der Waals surface area contributed by atoms with E-state index in [0.717, 1.165) is 12.1 Å². The zero-order valence-electron chi connectivity index (χ0n) is 10.7. The normalized spacial score (nSPS) is 10.9. The Morgan fingerprint density at radius 3 is 2.30 bits per heavy atom. The minimum atomic E-state index is -0.724. The molecule has 1 heterocycles. The van der Waals surface area contributed by atoms with Crippen molar-refractivity contribution in [3.63, 3.8) is 0 Å². The summed E-state index contributed by atoms with van der Waals surface area (Å²) in [5, 5.41) is 2.81. The van der Waals surface area contributed by atoms with Gasteiger partial charge >= 0.3 is 0 Å². The maximum absolute atomic E-state index is 13.7. The lowest BCUT2D eigenvalue weighted by molar-refractivity contribution is 0.589. The van der Waals surface area contributed by atoms with Crippen LogP contribution in [-0.4, -0.2) is 9.97 Å². The Morgan fingerprint density at radius 2 is 1.75 bits per heavy atom. The Bertz CT molecular complexity index is 627. The lowest BCUT2D eigenvalue weighted by Crippen LogP contribution is -2.04. The van der Waals surface area contributed by atoms with E-state index in [4.69, 9.17) is 11.6 Å². The van der Waals surface area contributed by atoms with Crippen molar-refractivity contribution in [3.05, 3.63) is 45.3 Å². The van der Waals surface area contributed by atoms with Gasteiger partial charge in [0.25, 0.3) is 0 Å². The van der Waals surface area contributed by atoms with E-state index in [1.807, 2.05) is 13.8 Å². The smallest absolute Gasteiger partial charge is 0.150 e. The highest BCUT2D eigenvalue weighted by molar-refractivity contribution is 9.10. The van der Waals surface area contributed by atoms with Gasteiger partial charge in [0.15, 0.2) is 11.6 Å². The molecular formula is C13H11BrClF2N3. The van der Waals surface area contributed by atoms with Gasteiger partial charge in [-0.05, 0) is 12.1 Å². The van der Waals surface area contributed by atoms with Crippen molar-refractivity contribution in [1.82, 2.24) is 9.97 Å². The van der Waals surface area contributed by atoms with E-state index in [2.05, 4.69) is 31.2 Å². The molecule has 0 fully saturated rings. The molecule has 0 atom stereocenters. The number of rotatable bonds is 3. The van der Waals surface area contributed by atoms with Crippen LogP contribution >= 0.6 is 27.5 Å². The molecule has 0 unspecified atom stereocenters. The minimum Gasteiger partial charge on any atom is -0.335 e. The van der Waals surface area contributed by atoms with Crippen LogP contribution in [-0.2, 0) is 0 Å². The number of benzene rings is 1. The van der Waals surface area contributed by atoms with Crippen LogP contribution in [0.1, 0.15) is 25.6 Å². The molecule has 7 heteroatoms. The van der Waals surface area contributed by atoms with Gasteiger partial charge < -0.3 is 5.32 Å². The number of halogens is 4. The highest BCUT2D eigenvalue weighted by Crippen LogP contribution is 2.27. The van der Waals surface area contributed by atoms with Crippen LogP contribution in [0.3, 0.4) is 0 Å². The van der Waals surface area contributed by atoms with Crippen LogP contribution < -0.4 is 5.32 Å². The maximum Gasteiger partial charge on any atom is 0.150 e. The van der Waals surface area contributed by atoms with Gasteiger partial charge in [-0.3, -0.25) is 0 Å². The molecule has 2 rings (SSSR count). The van der Waals surface area contributed by atoms with Crippen molar-refractivity contribution in [1.29, 1.82) is 0 Å². The van der Waals surface area contributed by atoms with Crippen molar-refractivity contribution in [3.8, 4) is 0 Å². The molecule has 0 spiro atoms. The lowest BCUT2D eigenvalue weighted by atomic mass is 10.2. The van der Waals surface area contributed by atoms with Crippen LogP contribution in [0.5, 0.6) is 0 Å². The number of hydrogen-bond acceptors (Lipinski definition) is 3. The molecule has 1 aromatic heterocycles. The second-order valence-corrected chi connectivity index (χ2v) is 5.76. The van der Waals surface area contributed by atoms with Gasteiger partial charge in [-0.2, -0.15) is 0 Å². The molecule has 2 aromatic rings. The largest absolute Gasteiger partial charge is 0.335 e. The van der Waals surface area contributed by atoms with Gasteiger partial charge in [0.05, 0.1) is 0 Å². The van der Waals surface area contributed by atoms with Crippen molar-refractivity contribution < 1.29 is 8.78 Å². The standard InChI is InChI=1S/C13H11BrClF2N3/c1-6(2)13-18-10(15)5-11(20-13)19-12-8(16)3-7(14)4-9(12)17/h3-6H,1-2H3,(H,18,19,20). The molecule has 0 amide bonds. The summed E-state index contributed by atoms with van der Waals surface area (Å²) in [5.41, 5.74) is -0.280. The summed E-state index contributed by atoms with van der Waals surface area (Å²) < 4.78 is 27.8. The summed E-state index contributed by atoms with van der Waals surface area (Å²) >= 11 is 8.90. The van der Waals surface area contributed by atoms with E-state index in [0.29, 0.717) is 10.3 Å². The van der Waals surface area contributed by atoms with Crippen molar-refractivity contribution in [2.24, 2.45) is 0 Å². The first-order valence-electron chi connectivity index (χ1n) is 5.83. The van der Waals surface area contributed by atoms with E-state index in [1.54, 1.807) is 0 Å². The molecule has 0 radical (unpaired) electrons. The summed E-state index contributed by atoms with van der Waals surface area (Å²) in [5.74, 6) is -0.656. The summed E-state index contributed by atoms with van der Waals surface area (Å²) in [6.07, 6.45) is 0. The summed E-state index contributed by atoms with van der Waals surface area (Å²) in [4.78, 5) is 8.23. The third-order valence-corrected chi connectivity index (χ3v) is 3.14. The Hall–Kier alpha value is -1.27. The van der Waals surface area contributed by atoms with E-state index in [-0.39, 0.29) is 22.6 Å². The molecule has 0 saturated heterocycles. The van der Waals surface area contributed by atoms with Gasteiger partial charge in [0.1, 0.15) is 22.5 Å². The average molecular weight is 363 g/mol. The number of nitrogens with zero attached hydrogens (tertiary/aromatic N) is 2. The van der Waals surface area contributed by atoms with Gasteiger partial charge in [0.2, 0.25) is 0 Å². The minimum absolute atomic E-state index is 0.0499. The number of aromatic nitrogens is 2. The third kappa shape index (κ3) is 3.43. The number of nitrogens with one attached hydrogen (secondary N) is 1. The van der Waals surface area contributed by atoms with Gasteiger partial charge in [-0.1, -0.05) is 41.4 Å². The number of anilines is 2.